The number of benzene rings is 1. The number of aromatic hydroxyl groups is 2. The van der Waals surface area contributed by atoms with Crippen LogP contribution in [0, 0.1) is 0 Å². The van der Waals surface area contributed by atoms with E-state index in [1.54, 1.807) is 6.07 Å². The summed E-state index contributed by atoms with van der Waals surface area (Å²) in [5.74, 6) is -0.731. The van der Waals surface area contributed by atoms with E-state index in [1.165, 1.54) is 12.1 Å². The summed E-state index contributed by atoms with van der Waals surface area (Å²) >= 11 is 0. The van der Waals surface area contributed by atoms with Gasteiger partial charge < -0.3 is 31.1 Å². The molecule has 0 saturated carbocycles. The maximum absolute atomic E-state index is 11.8. The number of ether oxygens (including phenoxy) is 1. The normalized spacial score (nSPS) is 12.1. The van der Waals surface area contributed by atoms with Crippen molar-refractivity contribution in [3.63, 3.8) is 0 Å². The second-order valence-corrected chi connectivity index (χ2v) is 4.61. The van der Waals surface area contributed by atoms with Crippen LogP contribution in [0.4, 0.5) is 0 Å². The molecule has 21 heavy (non-hydrogen) atoms. The fraction of sp³-hybridized carbons (Fsp3) is 0.500. The van der Waals surface area contributed by atoms with Crippen LogP contribution >= 0.6 is 0 Å². The Balaban J connectivity index is 2.29. The molecule has 1 amide bonds. The number of nitrogens with two attached hydrogens (primary N) is 1. The van der Waals surface area contributed by atoms with Crippen molar-refractivity contribution >= 4 is 5.91 Å². The van der Waals surface area contributed by atoms with Gasteiger partial charge in [0.15, 0.2) is 11.5 Å². The molecule has 1 aromatic rings. The molecular formula is C14H22N2O5. The Hall–Kier alpha value is -1.83. The van der Waals surface area contributed by atoms with Gasteiger partial charge in [-0.2, -0.15) is 0 Å². The number of nitrogens with one attached hydrogen (secondary N) is 1. The molecule has 1 atom stereocenters. The van der Waals surface area contributed by atoms with Crippen LogP contribution in [-0.2, 0) is 16.0 Å². The third-order valence-electron chi connectivity index (χ3n) is 2.83. The van der Waals surface area contributed by atoms with E-state index in [1.807, 2.05) is 0 Å². The van der Waals surface area contributed by atoms with Gasteiger partial charge in [0.25, 0.3) is 0 Å². The maximum atomic E-state index is 11.8. The molecule has 0 aliphatic rings. The summed E-state index contributed by atoms with van der Waals surface area (Å²) in [5, 5.41) is 29.8. The van der Waals surface area contributed by atoms with Crippen LogP contribution in [0.1, 0.15) is 12.0 Å². The Bertz CT molecular complexity index is 453. The largest absolute Gasteiger partial charge is 0.504 e. The minimum atomic E-state index is -0.729. The molecule has 0 fully saturated rings. The Labute approximate surface area is 123 Å². The number of phenolic OH excluding ortho intramolecular Hbond substituents is 2. The molecule has 118 valence electrons. The molecule has 0 bridgehead atoms. The van der Waals surface area contributed by atoms with E-state index in [9.17, 15) is 15.0 Å². The molecule has 0 spiro atoms. The SMILES string of the molecule is N[C@@H](Cc1ccc(O)c(O)c1)C(=O)NCCCOCCO. The fourth-order valence-electron chi connectivity index (χ4n) is 1.73. The number of amides is 1. The molecule has 0 aliphatic carbocycles. The van der Waals surface area contributed by atoms with E-state index in [-0.39, 0.29) is 37.0 Å². The van der Waals surface area contributed by atoms with Crippen molar-refractivity contribution in [2.45, 2.75) is 18.9 Å². The molecule has 1 aromatic carbocycles. The van der Waals surface area contributed by atoms with Crippen LogP contribution in [0.15, 0.2) is 18.2 Å². The standard InChI is InChI=1S/C14H22N2O5/c15-11(8-10-2-3-12(18)13(19)9-10)14(20)16-4-1-6-21-7-5-17/h2-3,9,11,17-19H,1,4-8,15H2,(H,16,20)/t11-/m0/s1. The lowest BCUT2D eigenvalue weighted by molar-refractivity contribution is -0.122. The van der Waals surface area contributed by atoms with Crippen molar-refractivity contribution in [1.29, 1.82) is 0 Å². The zero-order valence-corrected chi connectivity index (χ0v) is 11.8. The predicted octanol–water partition coefficient (Wildman–Crippen LogP) is -0.517. The van der Waals surface area contributed by atoms with Crippen molar-refractivity contribution in [3.05, 3.63) is 23.8 Å². The Kier molecular flexibility index (Phi) is 7.52. The van der Waals surface area contributed by atoms with E-state index >= 15 is 0 Å². The summed E-state index contributed by atoms with van der Waals surface area (Å²) in [6.07, 6.45) is 0.902. The number of hydrogen-bond acceptors (Lipinski definition) is 6. The van der Waals surface area contributed by atoms with Crippen molar-refractivity contribution in [2.24, 2.45) is 5.73 Å². The van der Waals surface area contributed by atoms with Crippen LogP contribution < -0.4 is 11.1 Å². The molecule has 1 rings (SSSR count). The number of hydrogen-bond donors (Lipinski definition) is 5. The van der Waals surface area contributed by atoms with Crippen LogP contribution in [0.5, 0.6) is 11.5 Å². The monoisotopic (exact) mass is 298 g/mol. The predicted molar refractivity (Wildman–Crippen MR) is 77.0 cm³/mol. The lowest BCUT2D eigenvalue weighted by Gasteiger charge is -2.13. The van der Waals surface area contributed by atoms with Crippen LogP contribution in [0.2, 0.25) is 0 Å². The number of carbonyl (C=O) groups is 1. The number of carbonyl (C=O) groups excluding carboxylic acids is 1. The van der Waals surface area contributed by atoms with Gasteiger partial charge in [-0.3, -0.25) is 4.79 Å². The molecule has 0 unspecified atom stereocenters. The van der Waals surface area contributed by atoms with Gasteiger partial charge in [-0.15, -0.1) is 0 Å². The van der Waals surface area contributed by atoms with E-state index in [2.05, 4.69) is 5.32 Å². The first-order valence-corrected chi connectivity index (χ1v) is 6.77. The zero-order valence-electron chi connectivity index (χ0n) is 11.8. The van der Waals surface area contributed by atoms with Gasteiger partial charge in [0, 0.05) is 13.2 Å². The summed E-state index contributed by atoms with van der Waals surface area (Å²) in [7, 11) is 0. The first-order valence-electron chi connectivity index (χ1n) is 6.77. The van der Waals surface area contributed by atoms with Gasteiger partial charge in [0.1, 0.15) is 0 Å². The molecule has 0 radical (unpaired) electrons. The highest BCUT2D eigenvalue weighted by molar-refractivity contribution is 5.81. The molecule has 7 heteroatoms. The summed E-state index contributed by atoms with van der Waals surface area (Å²) in [4.78, 5) is 11.8. The second kappa shape index (κ2) is 9.17. The Morgan fingerprint density at radius 3 is 2.71 bits per heavy atom. The number of aliphatic hydroxyl groups is 1. The second-order valence-electron chi connectivity index (χ2n) is 4.61. The molecular weight excluding hydrogens is 276 g/mol. The van der Waals surface area contributed by atoms with Gasteiger partial charge >= 0.3 is 0 Å². The average molecular weight is 298 g/mol. The van der Waals surface area contributed by atoms with Crippen molar-refractivity contribution in [2.75, 3.05) is 26.4 Å². The average Bonchev–Trinajstić information content (AvgIpc) is 2.46. The lowest BCUT2D eigenvalue weighted by Crippen LogP contribution is -2.42. The number of phenols is 2. The third kappa shape index (κ3) is 6.44. The van der Waals surface area contributed by atoms with Crippen LogP contribution in [0.3, 0.4) is 0 Å². The van der Waals surface area contributed by atoms with Crippen molar-refractivity contribution in [1.82, 2.24) is 5.32 Å². The smallest absolute Gasteiger partial charge is 0.237 e. The zero-order chi connectivity index (χ0) is 15.7. The lowest BCUT2D eigenvalue weighted by atomic mass is 10.1. The summed E-state index contributed by atoms with van der Waals surface area (Å²) < 4.78 is 5.06. The highest BCUT2D eigenvalue weighted by atomic mass is 16.5. The van der Waals surface area contributed by atoms with Gasteiger partial charge in [-0.05, 0) is 30.5 Å². The summed E-state index contributed by atoms with van der Waals surface area (Å²) in [6, 6.07) is 3.61. The van der Waals surface area contributed by atoms with Gasteiger partial charge in [0.2, 0.25) is 5.91 Å². The fourth-order valence-corrected chi connectivity index (χ4v) is 1.73. The highest BCUT2D eigenvalue weighted by Gasteiger charge is 2.14. The highest BCUT2D eigenvalue weighted by Crippen LogP contribution is 2.25. The van der Waals surface area contributed by atoms with Gasteiger partial charge in [0.05, 0.1) is 19.3 Å². The minimum Gasteiger partial charge on any atom is -0.504 e. The topological polar surface area (TPSA) is 125 Å². The Morgan fingerprint density at radius 1 is 1.29 bits per heavy atom. The van der Waals surface area contributed by atoms with E-state index in [0.29, 0.717) is 25.1 Å². The van der Waals surface area contributed by atoms with Gasteiger partial charge in [-0.25, -0.2) is 0 Å². The first-order chi connectivity index (χ1) is 10.0. The van der Waals surface area contributed by atoms with Crippen molar-refractivity contribution in [3.8, 4) is 11.5 Å². The van der Waals surface area contributed by atoms with Crippen molar-refractivity contribution < 1.29 is 24.9 Å². The Morgan fingerprint density at radius 2 is 2.05 bits per heavy atom. The molecule has 0 heterocycles. The van der Waals surface area contributed by atoms with Crippen LogP contribution in [0.25, 0.3) is 0 Å². The van der Waals surface area contributed by atoms with E-state index < -0.39 is 6.04 Å². The number of aliphatic hydroxyl groups excluding tert-OH is 1. The summed E-state index contributed by atoms with van der Waals surface area (Å²) in [6.45, 7) is 1.18. The third-order valence-corrected chi connectivity index (χ3v) is 2.83. The quantitative estimate of drug-likeness (QED) is 0.309. The van der Waals surface area contributed by atoms with E-state index in [0.717, 1.165) is 0 Å². The molecule has 0 saturated heterocycles. The van der Waals surface area contributed by atoms with Gasteiger partial charge in [-0.1, -0.05) is 6.07 Å². The summed E-state index contributed by atoms with van der Waals surface area (Å²) in [5.41, 5.74) is 6.45. The maximum Gasteiger partial charge on any atom is 0.237 e. The van der Waals surface area contributed by atoms with Crippen LogP contribution in [-0.4, -0.2) is 53.6 Å². The minimum absolute atomic E-state index is 0.0172. The molecule has 7 nitrogen and oxygen atoms in total. The number of rotatable bonds is 9. The molecule has 0 aromatic heterocycles. The first kappa shape index (κ1) is 17.2. The van der Waals surface area contributed by atoms with E-state index in [4.69, 9.17) is 15.6 Å². The molecule has 0 aliphatic heterocycles. The molecule has 6 N–H and O–H groups in total.